The van der Waals surface area contributed by atoms with Crippen LogP contribution in [0.15, 0.2) is 103 Å². The van der Waals surface area contributed by atoms with Gasteiger partial charge in [0.2, 0.25) is 12.2 Å². The molecule has 11 heteroatoms. The van der Waals surface area contributed by atoms with Crippen molar-refractivity contribution in [3.05, 3.63) is 137 Å². The fourth-order valence-electron chi connectivity index (χ4n) is 6.23. The van der Waals surface area contributed by atoms with Crippen molar-refractivity contribution >= 4 is 23.9 Å². The van der Waals surface area contributed by atoms with Gasteiger partial charge in [-0.05, 0) is 88.3 Å². The molecule has 0 aliphatic heterocycles. The Hall–Kier alpha value is -5.52. The van der Waals surface area contributed by atoms with Gasteiger partial charge in [-0.3, -0.25) is 0 Å². The number of hydrogen-bond donors (Lipinski definition) is 3. The van der Waals surface area contributed by atoms with Crippen LogP contribution in [-0.4, -0.2) is 82.5 Å². The highest BCUT2D eigenvalue weighted by atomic mass is 16.6. The summed E-state index contributed by atoms with van der Waals surface area (Å²) in [5.41, 5.74) is 3.57. The van der Waals surface area contributed by atoms with Gasteiger partial charge in [0, 0.05) is 12.5 Å². The second-order valence-electron chi connectivity index (χ2n) is 13.9. The molecule has 0 spiro atoms. The number of carboxylic acid groups (broad SMARTS) is 2. The van der Waals surface area contributed by atoms with E-state index in [4.69, 9.17) is 14.2 Å². The maximum atomic E-state index is 12.2. The number of carboxylic acids is 2. The number of aryl methyl sites for hydroxylation is 2. The number of carbonyl (C=O) groups is 4. The quantitative estimate of drug-likeness (QED) is 0.116. The van der Waals surface area contributed by atoms with Crippen LogP contribution in [0.3, 0.4) is 0 Å². The first-order valence-corrected chi connectivity index (χ1v) is 17.9. The molecule has 0 radical (unpaired) electrons. The van der Waals surface area contributed by atoms with Crippen molar-refractivity contribution in [2.24, 2.45) is 0 Å². The molecule has 3 atom stereocenters. The summed E-state index contributed by atoms with van der Waals surface area (Å²) in [7, 11) is 4.16. The molecule has 1 saturated carbocycles. The van der Waals surface area contributed by atoms with Crippen molar-refractivity contribution in [1.82, 2.24) is 4.90 Å². The third-order valence-corrected chi connectivity index (χ3v) is 9.25. The van der Waals surface area contributed by atoms with E-state index in [1.807, 2.05) is 30.3 Å². The SMILES string of the molecule is CN(C)C[C@@H](c1ccc(OCc2ccccc2)cc1)C1(O)CCCCC1.Cc1ccc(C(=O)O[C@H](C(=O)O)[C@H](OC(=O)c2ccc(C)cc2)C(=O)O)cc1. The average molecular weight is 740 g/mol. The highest BCUT2D eigenvalue weighted by molar-refractivity contribution is 5.95. The number of nitrogens with zero attached hydrogens (tertiary/aromatic N) is 1. The molecule has 3 N–H and O–H groups in total. The predicted octanol–water partition coefficient (Wildman–Crippen LogP) is 6.83. The normalized spacial score (nSPS) is 15.1. The number of aliphatic hydroxyl groups is 1. The maximum absolute atomic E-state index is 12.2. The van der Waals surface area contributed by atoms with Gasteiger partial charge in [0.15, 0.2) is 0 Å². The minimum Gasteiger partial charge on any atom is -0.489 e. The number of aliphatic carboxylic acids is 2. The first kappa shape index (κ1) is 41.2. The lowest BCUT2D eigenvalue weighted by Crippen LogP contribution is -2.45. The first-order valence-electron chi connectivity index (χ1n) is 17.9. The van der Waals surface area contributed by atoms with Crippen molar-refractivity contribution in [3.63, 3.8) is 0 Å². The van der Waals surface area contributed by atoms with E-state index in [0.29, 0.717) is 6.61 Å². The smallest absolute Gasteiger partial charge is 0.349 e. The number of rotatable bonds is 14. The molecule has 286 valence electrons. The lowest BCUT2D eigenvalue weighted by molar-refractivity contribution is -0.166. The summed E-state index contributed by atoms with van der Waals surface area (Å²) < 4.78 is 15.5. The molecule has 1 aliphatic rings. The van der Waals surface area contributed by atoms with Crippen LogP contribution in [0.5, 0.6) is 5.75 Å². The van der Waals surface area contributed by atoms with Crippen LogP contribution in [-0.2, 0) is 25.7 Å². The Morgan fingerprint density at radius 1 is 0.667 bits per heavy atom. The molecular weight excluding hydrogens is 690 g/mol. The van der Waals surface area contributed by atoms with Crippen LogP contribution in [0.4, 0.5) is 0 Å². The minimum atomic E-state index is -2.22. The molecule has 0 aromatic heterocycles. The molecule has 0 amide bonds. The molecular formula is C43H49NO10. The molecule has 54 heavy (non-hydrogen) atoms. The number of benzene rings is 4. The number of hydrogen-bond acceptors (Lipinski definition) is 9. The van der Waals surface area contributed by atoms with Crippen LogP contribution in [0.25, 0.3) is 0 Å². The van der Waals surface area contributed by atoms with Gasteiger partial charge in [-0.2, -0.15) is 0 Å². The molecule has 4 aromatic carbocycles. The van der Waals surface area contributed by atoms with Gasteiger partial charge in [0.05, 0.1) is 16.7 Å². The second kappa shape index (κ2) is 19.5. The molecule has 0 bridgehead atoms. The molecule has 1 fully saturated rings. The van der Waals surface area contributed by atoms with Gasteiger partial charge in [0.25, 0.3) is 0 Å². The van der Waals surface area contributed by atoms with Crippen molar-refractivity contribution in [2.75, 3.05) is 20.6 Å². The number of likely N-dealkylation sites (N-methyl/N-ethyl adjacent to an activating group) is 1. The Bertz CT molecular complexity index is 1740. The Morgan fingerprint density at radius 2 is 1.13 bits per heavy atom. The number of carbonyl (C=O) groups excluding carboxylic acids is 2. The zero-order chi connectivity index (χ0) is 39.3. The van der Waals surface area contributed by atoms with E-state index >= 15 is 0 Å². The predicted molar refractivity (Wildman–Crippen MR) is 203 cm³/mol. The summed E-state index contributed by atoms with van der Waals surface area (Å²) in [6, 6.07) is 30.6. The van der Waals surface area contributed by atoms with Crippen molar-refractivity contribution in [1.29, 1.82) is 0 Å². The van der Waals surface area contributed by atoms with Crippen molar-refractivity contribution in [2.45, 2.75) is 76.3 Å². The van der Waals surface area contributed by atoms with Crippen LogP contribution < -0.4 is 4.74 Å². The zero-order valence-electron chi connectivity index (χ0n) is 31.1. The molecule has 4 aromatic rings. The van der Waals surface area contributed by atoms with Gasteiger partial charge in [-0.25, -0.2) is 19.2 Å². The summed E-state index contributed by atoms with van der Waals surface area (Å²) in [5.74, 6) is -4.61. The molecule has 11 nitrogen and oxygen atoms in total. The highest BCUT2D eigenvalue weighted by Gasteiger charge is 2.41. The monoisotopic (exact) mass is 739 g/mol. The standard InChI is InChI=1S/C23H31NO2.C20H18O8/c1-24(2)17-22(23(25)15-7-4-8-16-23)20-11-13-21(14-12-20)26-18-19-9-5-3-6-10-19;1-11-3-7-13(8-4-11)19(25)27-15(17(21)22)16(18(23)24)28-20(26)14-9-5-12(2)6-10-14/h3,5-6,9-14,22,25H,4,7-8,15-18H2,1-2H3;3-10,15-16H,1-2H3,(H,21,22)(H,23,24)/t22-;15-,16-/m00/s1. The lowest BCUT2D eigenvalue weighted by atomic mass is 9.72. The van der Waals surface area contributed by atoms with Gasteiger partial charge in [-0.15, -0.1) is 0 Å². The summed E-state index contributed by atoms with van der Waals surface area (Å²) >= 11 is 0. The third kappa shape index (κ3) is 12.0. The lowest BCUT2D eigenvalue weighted by Gasteiger charge is -2.40. The average Bonchev–Trinajstić information content (AvgIpc) is 3.15. The van der Waals surface area contributed by atoms with Crippen LogP contribution >= 0.6 is 0 Å². The zero-order valence-corrected chi connectivity index (χ0v) is 31.1. The van der Waals surface area contributed by atoms with Crippen LogP contribution in [0, 0.1) is 13.8 Å². The summed E-state index contributed by atoms with van der Waals surface area (Å²) in [6.45, 7) is 5.02. The van der Waals surface area contributed by atoms with Crippen LogP contribution in [0.2, 0.25) is 0 Å². The summed E-state index contributed by atoms with van der Waals surface area (Å²) in [4.78, 5) is 49.5. The van der Waals surface area contributed by atoms with E-state index in [1.54, 1.807) is 38.1 Å². The topological polar surface area (TPSA) is 160 Å². The number of ether oxygens (including phenoxy) is 3. The third-order valence-electron chi connectivity index (χ3n) is 9.25. The maximum Gasteiger partial charge on any atom is 0.349 e. The Labute approximate surface area is 316 Å². The molecule has 5 rings (SSSR count). The van der Waals surface area contributed by atoms with E-state index in [0.717, 1.165) is 49.1 Å². The molecule has 0 heterocycles. The van der Waals surface area contributed by atoms with Crippen molar-refractivity contribution in [3.8, 4) is 5.75 Å². The van der Waals surface area contributed by atoms with Crippen molar-refractivity contribution < 1.29 is 48.7 Å². The fraction of sp³-hybridized carbons (Fsp3) is 0.349. The van der Waals surface area contributed by atoms with E-state index in [9.17, 15) is 34.5 Å². The highest BCUT2D eigenvalue weighted by Crippen LogP contribution is 2.40. The first-order chi connectivity index (χ1) is 25.8. The van der Waals surface area contributed by atoms with Crippen LogP contribution in [0.1, 0.15) is 81.0 Å². The second-order valence-corrected chi connectivity index (χ2v) is 13.9. The molecule has 0 saturated heterocycles. The van der Waals surface area contributed by atoms with E-state index in [2.05, 4.69) is 43.3 Å². The van der Waals surface area contributed by atoms with E-state index in [1.165, 1.54) is 41.8 Å². The Balaban J connectivity index is 0.000000241. The fourth-order valence-corrected chi connectivity index (χ4v) is 6.23. The Kier molecular flexibility index (Phi) is 14.9. The molecule has 0 unspecified atom stereocenters. The van der Waals surface area contributed by atoms with E-state index < -0.39 is 41.7 Å². The summed E-state index contributed by atoms with van der Waals surface area (Å²) in [5, 5.41) is 29.9. The Morgan fingerprint density at radius 3 is 1.56 bits per heavy atom. The van der Waals surface area contributed by atoms with Gasteiger partial charge in [0.1, 0.15) is 12.4 Å². The van der Waals surface area contributed by atoms with Gasteiger partial charge in [-0.1, -0.05) is 97.1 Å². The minimum absolute atomic E-state index is 0.0332. The van der Waals surface area contributed by atoms with E-state index in [-0.39, 0.29) is 17.0 Å². The molecule has 1 aliphatic carbocycles. The van der Waals surface area contributed by atoms with Gasteiger partial charge < -0.3 is 34.4 Å². The summed E-state index contributed by atoms with van der Waals surface area (Å²) in [6.07, 6.45) is 0.845. The van der Waals surface area contributed by atoms with Gasteiger partial charge >= 0.3 is 23.9 Å². The largest absolute Gasteiger partial charge is 0.489 e. The number of esters is 2.